The third-order valence-electron chi connectivity index (χ3n) is 6.81. The van der Waals surface area contributed by atoms with E-state index >= 15 is 0 Å². The highest BCUT2D eigenvalue weighted by molar-refractivity contribution is 5.82. The molecule has 3 heterocycles. The van der Waals surface area contributed by atoms with Gasteiger partial charge in [-0.05, 0) is 61.2 Å². The zero-order valence-corrected chi connectivity index (χ0v) is 19.2. The number of aromatic nitrogens is 5. The number of piperazine rings is 1. The third-order valence-corrected chi connectivity index (χ3v) is 6.81. The van der Waals surface area contributed by atoms with Crippen molar-refractivity contribution in [2.75, 3.05) is 32.7 Å². The summed E-state index contributed by atoms with van der Waals surface area (Å²) in [5.41, 5.74) is 2.33. The van der Waals surface area contributed by atoms with Gasteiger partial charge >= 0.3 is 0 Å². The third kappa shape index (κ3) is 4.02. The molecule has 0 saturated carbocycles. The Bertz CT molecular complexity index is 1110. The van der Waals surface area contributed by atoms with Gasteiger partial charge in [-0.2, -0.15) is 0 Å². The Kier molecular flexibility index (Phi) is 5.94. The van der Waals surface area contributed by atoms with Crippen LogP contribution in [0.5, 0.6) is 0 Å². The van der Waals surface area contributed by atoms with Crippen molar-refractivity contribution in [2.24, 2.45) is 0 Å². The number of H-pyrrole nitrogens is 1. The van der Waals surface area contributed by atoms with Crippen molar-refractivity contribution in [3.05, 3.63) is 51.6 Å². The molecule has 0 radical (unpaired) electrons. The first-order valence-electron chi connectivity index (χ1n) is 11.2. The van der Waals surface area contributed by atoms with Crippen LogP contribution < -0.4 is 5.56 Å². The number of hydrogen-bond donors (Lipinski definition) is 1. The molecular weight excluding hydrogens is 390 g/mol. The molecule has 166 valence electrons. The lowest BCUT2D eigenvalue weighted by Crippen LogP contribution is -2.49. The molecule has 1 N–H and O–H groups in total. The number of nitrogens with zero attached hydrogens (tertiary/aromatic N) is 6. The summed E-state index contributed by atoms with van der Waals surface area (Å²) in [6.07, 6.45) is 0.884. The Morgan fingerprint density at radius 2 is 1.90 bits per heavy atom. The highest BCUT2D eigenvalue weighted by atomic mass is 16.1. The van der Waals surface area contributed by atoms with Crippen molar-refractivity contribution in [3.63, 3.8) is 0 Å². The van der Waals surface area contributed by atoms with Gasteiger partial charge in [0.2, 0.25) is 0 Å². The van der Waals surface area contributed by atoms with E-state index in [0.29, 0.717) is 5.56 Å². The second-order valence-corrected chi connectivity index (χ2v) is 9.08. The van der Waals surface area contributed by atoms with Crippen LogP contribution in [0.4, 0.5) is 0 Å². The van der Waals surface area contributed by atoms with Gasteiger partial charge in [0, 0.05) is 31.7 Å². The average molecular weight is 424 g/mol. The maximum Gasteiger partial charge on any atom is 0.253 e. The van der Waals surface area contributed by atoms with E-state index in [9.17, 15) is 4.79 Å². The van der Waals surface area contributed by atoms with Crippen LogP contribution in [0.25, 0.3) is 10.9 Å². The van der Waals surface area contributed by atoms with E-state index in [4.69, 9.17) is 0 Å². The number of hydrogen-bond acceptors (Lipinski definition) is 6. The summed E-state index contributed by atoms with van der Waals surface area (Å²) in [5.74, 6) is 0.731. The van der Waals surface area contributed by atoms with Crippen LogP contribution in [0.1, 0.15) is 57.1 Å². The number of tetrazole rings is 1. The molecule has 8 nitrogen and oxygen atoms in total. The van der Waals surface area contributed by atoms with E-state index in [2.05, 4.69) is 58.0 Å². The Morgan fingerprint density at radius 1 is 1.16 bits per heavy atom. The first-order chi connectivity index (χ1) is 14.9. The molecule has 1 atom stereocenters. The second-order valence-electron chi connectivity index (χ2n) is 9.08. The summed E-state index contributed by atoms with van der Waals surface area (Å²) in [5, 5.41) is 13.9. The van der Waals surface area contributed by atoms with E-state index in [1.54, 1.807) is 0 Å². The second kappa shape index (κ2) is 8.51. The van der Waals surface area contributed by atoms with Gasteiger partial charge in [0.25, 0.3) is 5.56 Å². The molecule has 1 saturated heterocycles. The highest BCUT2D eigenvalue weighted by Gasteiger charge is 2.35. The van der Waals surface area contributed by atoms with Gasteiger partial charge in [-0.25, -0.2) is 4.68 Å². The van der Waals surface area contributed by atoms with Crippen molar-refractivity contribution in [3.8, 4) is 0 Å². The van der Waals surface area contributed by atoms with Crippen LogP contribution in [0.15, 0.2) is 29.1 Å². The molecule has 1 aromatic carbocycles. The van der Waals surface area contributed by atoms with Gasteiger partial charge < -0.3 is 9.88 Å². The van der Waals surface area contributed by atoms with Crippen LogP contribution in [-0.2, 0) is 5.54 Å². The van der Waals surface area contributed by atoms with Crippen molar-refractivity contribution in [1.82, 2.24) is 35.0 Å². The number of nitrogens with one attached hydrogen (secondary N) is 1. The molecule has 1 aliphatic heterocycles. The fraction of sp³-hybridized carbons (Fsp3) is 0.565. The predicted octanol–water partition coefficient (Wildman–Crippen LogP) is 2.70. The van der Waals surface area contributed by atoms with E-state index in [1.807, 2.05) is 35.9 Å². The molecule has 0 amide bonds. The van der Waals surface area contributed by atoms with Gasteiger partial charge in [0.05, 0.1) is 11.1 Å². The lowest BCUT2D eigenvalue weighted by atomic mass is 9.98. The molecular formula is C23H33N7O. The Morgan fingerprint density at radius 3 is 2.58 bits per heavy atom. The van der Waals surface area contributed by atoms with E-state index < -0.39 is 0 Å². The van der Waals surface area contributed by atoms with E-state index in [0.717, 1.165) is 61.4 Å². The zero-order valence-electron chi connectivity index (χ0n) is 19.2. The normalized spacial score (nSPS) is 17.3. The average Bonchev–Trinajstić information content (AvgIpc) is 3.26. The molecule has 4 rings (SSSR count). The van der Waals surface area contributed by atoms with Gasteiger partial charge in [-0.15, -0.1) is 5.10 Å². The maximum absolute atomic E-state index is 13.3. The maximum atomic E-state index is 13.3. The van der Waals surface area contributed by atoms with Crippen molar-refractivity contribution >= 4 is 10.9 Å². The molecule has 1 aliphatic rings. The Balaban J connectivity index is 1.87. The van der Waals surface area contributed by atoms with Gasteiger partial charge in [0.1, 0.15) is 6.04 Å². The van der Waals surface area contributed by atoms with Crippen LogP contribution >= 0.6 is 0 Å². The minimum atomic E-state index is -0.298. The molecule has 3 aromatic rings. The Labute approximate surface area is 183 Å². The predicted molar refractivity (Wildman–Crippen MR) is 122 cm³/mol. The van der Waals surface area contributed by atoms with Gasteiger partial charge in [-0.1, -0.05) is 32.0 Å². The lowest BCUT2D eigenvalue weighted by molar-refractivity contribution is 0.105. The summed E-state index contributed by atoms with van der Waals surface area (Å²) in [6, 6.07) is 7.82. The number of likely N-dealkylation sites (N-methyl/N-ethyl adjacent to an activating group) is 1. The number of fused-ring (bicyclic) bond motifs is 1. The smallest absolute Gasteiger partial charge is 0.253 e. The number of para-hydroxylation sites is 1. The van der Waals surface area contributed by atoms with Crippen molar-refractivity contribution in [1.29, 1.82) is 0 Å². The number of aryl methyl sites for hydroxylation is 1. The molecule has 2 aromatic heterocycles. The standard InChI is InChI=1S/C23H33N7O/c1-6-23(4,5)30-21(25-26-27-30)20(29-13-11-28(7-2)12-14-29)18-15-17-10-8-9-16(3)19(17)24-22(18)31/h8-10,15,20H,6-7,11-14H2,1-5H3,(H,24,31). The summed E-state index contributed by atoms with van der Waals surface area (Å²) in [7, 11) is 0. The molecule has 31 heavy (non-hydrogen) atoms. The van der Waals surface area contributed by atoms with Crippen LogP contribution in [0.2, 0.25) is 0 Å². The summed E-state index contributed by atoms with van der Waals surface area (Å²) >= 11 is 0. The summed E-state index contributed by atoms with van der Waals surface area (Å²) in [6.45, 7) is 15.3. The minimum absolute atomic E-state index is 0.0754. The lowest BCUT2D eigenvalue weighted by Gasteiger charge is -2.39. The largest absolute Gasteiger partial charge is 0.321 e. The number of benzene rings is 1. The summed E-state index contributed by atoms with van der Waals surface area (Å²) < 4.78 is 1.91. The van der Waals surface area contributed by atoms with Crippen LogP contribution in [0.3, 0.4) is 0 Å². The van der Waals surface area contributed by atoms with Crippen LogP contribution in [-0.4, -0.2) is 67.7 Å². The quantitative estimate of drug-likeness (QED) is 0.656. The Hall–Kier alpha value is -2.58. The van der Waals surface area contributed by atoms with E-state index in [1.165, 1.54) is 0 Å². The van der Waals surface area contributed by atoms with Gasteiger partial charge in [0.15, 0.2) is 5.82 Å². The topological polar surface area (TPSA) is 82.9 Å². The zero-order chi connectivity index (χ0) is 22.2. The molecule has 1 fully saturated rings. The summed E-state index contributed by atoms with van der Waals surface area (Å²) in [4.78, 5) is 21.3. The molecule has 8 heteroatoms. The van der Waals surface area contributed by atoms with Crippen LogP contribution in [0, 0.1) is 6.92 Å². The first-order valence-corrected chi connectivity index (χ1v) is 11.2. The molecule has 1 unspecified atom stereocenters. The van der Waals surface area contributed by atoms with E-state index in [-0.39, 0.29) is 17.1 Å². The fourth-order valence-electron chi connectivity index (χ4n) is 4.39. The SMILES string of the molecule is CCN1CCN(C(c2cc3cccc(C)c3[nH]c2=O)c2nnnn2C(C)(C)CC)CC1. The molecule has 0 bridgehead atoms. The minimum Gasteiger partial charge on any atom is -0.321 e. The molecule has 0 aliphatic carbocycles. The number of pyridine rings is 1. The molecule has 0 spiro atoms. The van der Waals surface area contributed by atoms with Gasteiger partial charge in [-0.3, -0.25) is 9.69 Å². The van der Waals surface area contributed by atoms with Crippen molar-refractivity contribution in [2.45, 2.75) is 52.6 Å². The monoisotopic (exact) mass is 423 g/mol. The first kappa shape index (κ1) is 21.6. The van der Waals surface area contributed by atoms with Crippen molar-refractivity contribution < 1.29 is 0 Å². The fourth-order valence-corrected chi connectivity index (χ4v) is 4.39. The highest BCUT2D eigenvalue weighted by Crippen LogP contribution is 2.31. The number of rotatable bonds is 6. The number of aromatic amines is 1.